The first-order valence-electron chi connectivity index (χ1n) is 9.48. The molecular weight excluding hydrogens is 358 g/mol. The lowest BCUT2D eigenvalue weighted by Gasteiger charge is -2.14. The van der Waals surface area contributed by atoms with Gasteiger partial charge in [0.05, 0.1) is 18.2 Å². The zero-order valence-corrected chi connectivity index (χ0v) is 16.4. The van der Waals surface area contributed by atoms with Gasteiger partial charge in [-0.15, -0.1) is 0 Å². The molecule has 0 saturated heterocycles. The Morgan fingerprint density at radius 2 is 1.59 bits per heavy atom. The highest BCUT2D eigenvalue weighted by molar-refractivity contribution is 6.16. The number of benzene rings is 3. The Labute approximate surface area is 170 Å². The number of carbonyl (C=O) groups excluding carboxylic acids is 1. The molecule has 1 aromatic heterocycles. The van der Waals surface area contributed by atoms with Crippen LogP contribution in [-0.2, 0) is 0 Å². The number of rotatable bonds is 5. The van der Waals surface area contributed by atoms with Gasteiger partial charge in [0.1, 0.15) is 5.75 Å². The number of para-hydroxylation sites is 1. The van der Waals surface area contributed by atoms with Gasteiger partial charge in [-0.2, -0.15) is 0 Å². The summed E-state index contributed by atoms with van der Waals surface area (Å²) in [6.45, 7) is 1.90. The summed E-state index contributed by atoms with van der Waals surface area (Å²) >= 11 is 0. The second-order valence-corrected chi connectivity index (χ2v) is 6.80. The molecule has 0 unspecified atom stereocenters. The maximum Gasteiger partial charge on any atom is 0.188 e. The molecule has 1 heterocycles. The molecule has 0 N–H and O–H groups in total. The second kappa shape index (κ2) is 8.11. The minimum atomic E-state index is -0.0598. The maximum absolute atomic E-state index is 13.2. The Balaban J connectivity index is 1.83. The molecule has 0 aliphatic heterocycles. The van der Waals surface area contributed by atoms with Crippen LogP contribution in [0.5, 0.6) is 5.75 Å². The summed E-state index contributed by atoms with van der Waals surface area (Å²) in [5, 5.41) is 0.977. The number of hydrogen-bond donors (Lipinski definition) is 0. The van der Waals surface area contributed by atoms with E-state index in [-0.39, 0.29) is 5.78 Å². The Bertz CT molecular complexity index is 1190. The molecule has 3 aromatic carbocycles. The van der Waals surface area contributed by atoms with Crippen LogP contribution in [0.3, 0.4) is 0 Å². The molecule has 4 rings (SSSR count). The average molecular weight is 379 g/mol. The summed E-state index contributed by atoms with van der Waals surface area (Å²) in [7, 11) is 1.63. The molecule has 0 radical (unpaired) electrons. The third kappa shape index (κ3) is 3.81. The number of allylic oxidation sites excluding steroid dienone is 1. The van der Waals surface area contributed by atoms with Crippen LogP contribution >= 0.6 is 0 Å². The van der Waals surface area contributed by atoms with Crippen molar-refractivity contribution in [1.82, 2.24) is 4.98 Å². The molecule has 0 bridgehead atoms. The largest absolute Gasteiger partial charge is 0.497 e. The molecule has 29 heavy (non-hydrogen) atoms. The van der Waals surface area contributed by atoms with Gasteiger partial charge < -0.3 is 4.74 Å². The van der Waals surface area contributed by atoms with E-state index in [1.165, 1.54) is 0 Å². The predicted molar refractivity (Wildman–Crippen MR) is 118 cm³/mol. The van der Waals surface area contributed by atoms with E-state index in [1.807, 2.05) is 91.9 Å². The Hall–Kier alpha value is -3.72. The van der Waals surface area contributed by atoms with Gasteiger partial charge in [0.25, 0.3) is 0 Å². The number of pyridine rings is 1. The topological polar surface area (TPSA) is 39.2 Å². The van der Waals surface area contributed by atoms with Crippen molar-refractivity contribution in [2.24, 2.45) is 0 Å². The van der Waals surface area contributed by atoms with Crippen LogP contribution in [0.1, 0.15) is 21.6 Å². The molecule has 0 aliphatic carbocycles. The lowest BCUT2D eigenvalue weighted by atomic mass is 9.92. The van der Waals surface area contributed by atoms with Crippen LogP contribution in [0.15, 0.2) is 84.9 Å². The van der Waals surface area contributed by atoms with Gasteiger partial charge in [-0.3, -0.25) is 9.78 Å². The van der Waals surface area contributed by atoms with Gasteiger partial charge >= 0.3 is 0 Å². The standard InChI is InChI=1S/C26H21NO2/c1-18-25(24(28)17-14-19-12-15-21(29-2)16-13-19)26(20-8-4-3-5-9-20)22-10-6-7-11-23(22)27-18/h3-17H,1-2H3. The molecule has 0 aliphatic rings. The highest BCUT2D eigenvalue weighted by atomic mass is 16.5. The first kappa shape index (κ1) is 18.6. The number of aromatic nitrogens is 1. The Morgan fingerprint density at radius 1 is 0.897 bits per heavy atom. The van der Waals surface area contributed by atoms with E-state index < -0.39 is 0 Å². The summed E-state index contributed by atoms with van der Waals surface area (Å²) in [5.41, 5.74) is 5.13. The summed E-state index contributed by atoms with van der Waals surface area (Å²) in [6, 6.07) is 25.6. The van der Waals surface area contributed by atoms with Crippen molar-refractivity contribution < 1.29 is 9.53 Å². The predicted octanol–water partition coefficient (Wildman–Crippen LogP) is 6.11. The zero-order valence-electron chi connectivity index (χ0n) is 16.4. The van der Waals surface area contributed by atoms with Crippen molar-refractivity contribution in [3.05, 3.63) is 102 Å². The first-order valence-corrected chi connectivity index (χ1v) is 9.48. The van der Waals surface area contributed by atoms with E-state index in [0.29, 0.717) is 5.56 Å². The lowest BCUT2D eigenvalue weighted by molar-refractivity contribution is 0.104. The highest BCUT2D eigenvalue weighted by Gasteiger charge is 2.18. The summed E-state index contributed by atoms with van der Waals surface area (Å²) < 4.78 is 5.19. The number of ether oxygens (including phenoxy) is 1. The van der Waals surface area contributed by atoms with Crippen molar-refractivity contribution in [2.45, 2.75) is 6.92 Å². The summed E-state index contributed by atoms with van der Waals surface area (Å²) in [4.78, 5) is 17.9. The van der Waals surface area contributed by atoms with Gasteiger partial charge in [-0.05, 0) is 42.3 Å². The Kier molecular flexibility index (Phi) is 5.21. The molecule has 3 heteroatoms. The summed E-state index contributed by atoms with van der Waals surface area (Å²) in [6.07, 6.45) is 3.44. The van der Waals surface area contributed by atoms with Crippen molar-refractivity contribution in [1.29, 1.82) is 0 Å². The minimum Gasteiger partial charge on any atom is -0.497 e. The smallest absolute Gasteiger partial charge is 0.188 e. The lowest BCUT2D eigenvalue weighted by Crippen LogP contribution is -2.05. The van der Waals surface area contributed by atoms with E-state index in [4.69, 9.17) is 4.74 Å². The van der Waals surface area contributed by atoms with Crippen molar-refractivity contribution in [2.75, 3.05) is 7.11 Å². The monoisotopic (exact) mass is 379 g/mol. The number of nitrogens with zero attached hydrogens (tertiary/aromatic N) is 1. The first-order chi connectivity index (χ1) is 14.2. The van der Waals surface area contributed by atoms with Crippen LogP contribution in [-0.4, -0.2) is 17.9 Å². The fraction of sp³-hybridized carbons (Fsp3) is 0.0769. The molecule has 0 amide bonds. The number of aryl methyl sites for hydroxylation is 1. The minimum absolute atomic E-state index is 0.0598. The second-order valence-electron chi connectivity index (χ2n) is 6.80. The van der Waals surface area contributed by atoms with E-state index >= 15 is 0 Å². The molecule has 142 valence electrons. The fourth-order valence-electron chi connectivity index (χ4n) is 3.51. The third-order valence-electron chi connectivity index (χ3n) is 4.93. The number of ketones is 1. The van der Waals surface area contributed by atoms with Crippen LogP contribution in [0.4, 0.5) is 0 Å². The average Bonchev–Trinajstić information content (AvgIpc) is 2.77. The van der Waals surface area contributed by atoms with E-state index in [1.54, 1.807) is 13.2 Å². The normalized spacial score (nSPS) is 11.1. The quantitative estimate of drug-likeness (QED) is 0.310. The maximum atomic E-state index is 13.2. The highest BCUT2D eigenvalue weighted by Crippen LogP contribution is 2.33. The summed E-state index contributed by atoms with van der Waals surface area (Å²) in [5.74, 6) is 0.727. The molecule has 4 aromatic rings. The SMILES string of the molecule is COc1ccc(C=CC(=O)c2c(C)nc3ccccc3c2-c2ccccc2)cc1. The van der Waals surface area contributed by atoms with Gasteiger partial charge in [-0.25, -0.2) is 0 Å². The van der Waals surface area contributed by atoms with Crippen molar-refractivity contribution in [3.63, 3.8) is 0 Å². The van der Waals surface area contributed by atoms with Crippen LogP contribution in [0, 0.1) is 6.92 Å². The number of carbonyl (C=O) groups is 1. The molecule has 3 nitrogen and oxygen atoms in total. The molecule has 0 atom stereocenters. The molecule has 0 spiro atoms. The van der Waals surface area contributed by atoms with E-state index in [2.05, 4.69) is 4.98 Å². The van der Waals surface area contributed by atoms with Gasteiger partial charge in [0.2, 0.25) is 0 Å². The van der Waals surface area contributed by atoms with Crippen molar-refractivity contribution in [3.8, 4) is 16.9 Å². The third-order valence-corrected chi connectivity index (χ3v) is 4.93. The van der Waals surface area contributed by atoms with Gasteiger partial charge in [0.15, 0.2) is 5.78 Å². The van der Waals surface area contributed by atoms with E-state index in [9.17, 15) is 4.79 Å². The number of methoxy groups -OCH3 is 1. The van der Waals surface area contributed by atoms with E-state index in [0.717, 1.165) is 39.0 Å². The van der Waals surface area contributed by atoms with Gasteiger partial charge in [-0.1, -0.05) is 66.7 Å². The molecule has 0 saturated carbocycles. The fourth-order valence-corrected chi connectivity index (χ4v) is 3.51. The van der Waals surface area contributed by atoms with Crippen LogP contribution in [0.25, 0.3) is 28.1 Å². The van der Waals surface area contributed by atoms with Crippen LogP contribution in [0.2, 0.25) is 0 Å². The van der Waals surface area contributed by atoms with Crippen LogP contribution < -0.4 is 4.74 Å². The zero-order chi connectivity index (χ0) is 20.2. The van der Waals surface area contributed by atoms with Crippen molar-refractivity contribution >= 4 is 22.8 Å². The number of fused-ring (bicyclic) bond motifs is 1. The Morgan fingerprint density at radius 3 is 2.31 bits per heavy atom. The number of hydrogen-bond acceptors (Lipinski definition) is 3. The van der Waals surface area contributed by atoms with Gasteiger partial charge in [0, 0.05) is 16.6 Å². The molecular formula is C26H21NO2. The molecule has 0 fully saturated rings.